The maximum atomic E-state index is 11.5. The first-order valence-corrected chi connectivity index (χ1v) is 12.7. The first kappa shape index (κ1) is 24.0. The highest BCUT2D eigenvalue weighted by Crippen LogP contribution is 2.64. The molecule has 4 aliphatic carbocycles. The van der Waals surface area contributed by atoms with E-state index in [-0.39, 0.29) is 35.5 Å². The maximum absolute atomic E-state index is 11.5. The fourth-order valence-electron chi connectivity index (χ4n) is 7.39. The smallest absolute Gasteiger partial charge is 0.330 e. The summed E-state index contributed by atoms with van der Waals surface area (Å²) in [6, 6.07) is 0. The van der Waals surface area contributed by atoms with E-state index >= 15 is 0 Å². The van der Waals surface area contributed by atoms with Crippen LogP contribution in [0.15, 0.2) is 29.0 Å². The lowest BCUT2D eigenvalue weighted by molar-refractivity contribution is -0.148. The van der Waals surface area contributed by atoms with Gasteiger partial charge in [0.25, 0.3) is 0 Å². The maximum Gasteiger partial charge on any atom is 0.330 e. The molecule has 182 valence electrons. The van der Waals surface area contributed by atoms with E-state index in [0.29, 0.717) is 24.4 Å². The summed E-state index contributed by atoms with van der Waals surface area (Å²) in [6.07, 6.45) is 14.2. The van der Waals surface area contributed by atoms with Gasteiger partial charge in [0, 0.05) is 24.8 Å². The summed E-state index contributed by atoms with van der Waals surface area (Å²) in [7, 11) is 0. The summed E-state index contributed by atoms with van der Waals surface area (Å²) in [5, 5.41) is 4.55. The Balaban J connectivity index is 1.42. The number of nitrogens with zero attached hydrogens (tertiary/aromatic N) is 1. The Morgan fingerprint density at radius 2 is 1.91 bits per heavy atom. The topological polar surface area (TPSA) is 74.2 Å². The van der Waals surface area contributed by atoms with E-state index in [1.54, 1.807) is 13.0 Å². The number of rotatable bonds is 6. The molecule has 0 unspecified atom stereocenters. The van der Waals surface area contributed by atoms with Crippen molar-refractivity contribution >= 4 is 17.7 Å². The molecule has 0 heterocycles. The van der Waals surface area contributed by atoms with E-state index < -0.39 is 0 Å². The summed E-state index contributed by atoms with van der Waals surface area (Å²) in [4.78, 5) is 28.4. The number of oxime groups is 1. The van der Waals surface area contributed by atoms with Gasteiger partial charge in [0.1, 0.15) is 12.7 Å². The molecule has 0 aliphatic heterocycles. The van der Waals surface area contributed by atoms with Gasteiger partial charge in [-0.05, 0) is 81.1 Å². The van der Waals surface area contributed by atoms with Crippen molar-refractivity contribution in [3.63, 3.8) is 0 Å². The quantitative estimate of drug-likeness (QED) is 0.176. The average molecular weight is 458 g/mol. The SMILES string of the molecule is CCOC(=O)/C=C/CO/N=C1\CC[C@H]2[C@@H]3CC=C4C[C@@H](OC(C)=O)CC[C@]4(C)[C@H]3CC[C@]12C. The van der Waals surface area contributed by atoms with E-state index in [1.165, 1.54) is 37.1 Å². The van der Waals surface area contributed by atoms with Crippen LogP contribution < -0.4 is 0 Å². The van der Waals surface area contributed by atoms with Crippen LogP contribution in [-0.2, 0) is 23.9 Å². The van der Waals surface area contributed by atoms with Crippen molar-refractivity contribution in [3.8, 4) is 0 Å². The zero-order valence-electron chi connectivity index (χ0n) is 20.6. The summed E-state index contributed by atoms with van der Waals surface area (Å²) in [6.45, 7) is 8.81. The molecule has 0 amide bonds. The first-order valence-electron chi connectivity index (χ1n) is 12.7. The number of ether oxygens (including phenoxy) is 2. The second-order valence-corrected chi connectivity index (χ2v) is 10.7. The van der Waals surface area contributed by atoms with Crippen LogP contribution in [0.2, 0.25) is 0 Å². The third-order valence-electron chi connectivity index (χ3n) is 9.02. The molecule has 0 saturated heterocycles. The lowest BCUT2D eigenvalue weighted by atomic mass is 9.48. The van der Waals surface area contributed by atoms with Gasteiger partial charge in [-0.15, -0.1) is 0 Å². The molecular formula is C27H39NO5. The molecule has 3 saturated carbocycles. The molecule has 6 heteroatoms. The van der Waals surface area contributed by atoms with Gasteiger partial charge in [0.05, 0.1) is 12.3 Å². The minimum Gasteiger partial charge on any atom is -0.463 e. The van der Waals surface area contributed by atoms with Crippen molar-refractivity contribution in [3.05, 3.63) is 23.8 Å². The second-order valence-electron chi connectivity index (χ2n) is 10.7. The summed E-state index contributed by atoms with van der Waals surface area (Å²) in [5.41, 5.74) is 3.04. The number of esters is 2. The van der Waals surface area contributed by atoms with Crippen molar-refractivity contribution in [1.82, 2.24) is 0 Å². The Morgan fingerprint density at radius 1 is 1.15 bits per heavy atom. The van der Waals surface area contributed by atoms with Crippen molar-refractivity contribution in [1.29, 1.82) is 0 Å². The van der Waals surface area contributed by atoms with Gasteiger partial charge in [0.15, 0.2) is 0 Å². The molecule has 0 aromatic heterocycles. The Labute approximate surface area is 197 Å². The predicted molar refractivity (Wildman–Crippen MR) is 126 cm³/mol. The van der Waals surface area contributed by atoms with Gasteiger partial charge in [-0.3, -0.25) is 4.79 Å². The van der Waals surface area contributed by atoms with Gasteiger partial charge >= 0.3 is 11.9 Å². The molecule has 0 bridgehead atoms. The van der Waals surface area contributed by atoms with Gasteiger partial charge in [0.2, 0.25) is 0 Å². The molecule has 0 aromatic carbocycles. The lowest BCUT2D eigenvalue weighted by Gasteiger charge is -2.57. The Kier molecular flexibility index (Phi) is 7.01. The van der Waals surface area contributed by atoms with Crippen molar-refractivity contribution < 1.29 is 23.9 Å². The Morgan fingerprint density at radius 3 is 2.67 bits per heavy atom. The molecule has 4 aliphatic rings. The summed E-state index contributed by atoms with van der Waals surface area (Å²) < 4.78 is 10.4. The molecule has 6 nitrogen and oxygen atoms in total. The molecule has 0 radical (unpaired) electrons. The normalized spacial score (nSPS) is 38.8. The largest absolute Gasteiger partial charge is 0.463 e. The fourth-order valence-corrected chi connectivity index (χ4v) is 7.39. The number of hydrogen-bond acceptors (Lipinski definition) is 6. The van der Waals surface area contributed by atoms with Crippen LogP contribution in [-0.4, -0.2) is 37.0 Å². The monoisotopic (exact) mass is 457 g/mol. The van der Waals surface area contributed by atoms with Crippen LogP contribution in [0.3, 0.4) is 0 Å². The van der Waals surface area contributed by atoms with Crippen LogP contribution in [0.1, 0.15) is 79.1 Å². The first-order chi connectivity index (χ1) is 15.8. The molecular weight excluding hydrogens is 418 g/mol. The molecule has 6 atom stereocenters. The molecule has 0 N–H and O–H groups in total. The van der Waals surface area contributed by atoms with E-state index in [0.717, 1.165) is 38.5 Å². The van der Waals surface area contributed by atoms with Gasteiger partial charge in [-0.25, -0.2) is 4.79 Å². The third kappa shape index (κ3) is 4.63. The van der Waals surface area contributed by atoms with Gasteiger partial charge in [-0.1, -0.05) is 30.7 Å². The van der Waals surface area contributed by atoms with Crippen LogP contribution in [0.25, 0.3) is 0 Å². The standard InChI is InChI=1S/C27H39NO5/c1-5-31-25(30)7-6-16-32-28-24-11-10-22-21-9-8-19-17-20(33-18(2)29)12-14-26(19,3)23(21)13-15-27(22,24)4/h6-8,20-23H,5,9-17H2,1-4H3/b7-6+,28-24+/t20-,21-,22-,23-,26-,27-/m0/s1. The number of carbonyl (C=O) groups is 2. The van der Waals surface area contributed by atoms with Crippen molar-refractivity contribution in [2.75, 3.05) is 13.2 Å². The lowest BCUT2D eigenvalue weighted by Crippen LogP contribution is -2.50. The Hall–Kier alpha value is -2.11. The van der Waals surface area contributed by atoms with Crippen LogP contribution >= 0.6 is 0 Å². The summed E-state index contributed by atoms with van der Waals surface area (Å²) in [5.74, 6) is 1.50. The number of allylic oxidation sites excluding steroid dienone is 1. The van der Waals surface area contributed by atoms with Gasteiger partial charge < -0.3 is 14.3 Å². The van der Waals surface area contributed by atoms with E-state index in [9.17, 15) is 9.59 Å². The zero-order valence-corrected chi connectivity index (χ0v) is 20.6. The fraction of sp³-hybridized carbons (Fsp3) is 0.741. The summed E-state index contributed by atoms with van der Waals surface area (Å²) >= 11 is 0. The minimum absolute atomic E-state index is 0.0486. The van der Waals surface area contributed by atoms with E-state index in [2.05, 4.69) is 25.1 Å². The van der Waals surface area contributed by atoms with Crippen LogP contribution in [0.5, 0.6) is 0 Å². The molecule has 4 rings (SSSR count). The van der Waals surface area contributed by atoms with Crippen LogP contribution in [0.4, 0.5) is 0 Å². The second kappa shape index (κ2) is 9.63. The van der Waals surface area contributed by atoms with Gasteiger partial charge in [-0.2, -0.15) is 0 Å². The zero-order chi connectivity index (χ0) is 23.6. The number of carbonyl (C=O) groups excluding carboxylic acids is 2. The van der Waals surface area contributed by atoms with Crippen molar-refractivity contribution in [2.45, 2.75) is 85.2 Å². The minimum atomic E-state index is -0.347. The van der Waals surface area contributed by atoms with E-state index in [1.807, 2.05) is 0 Å². The van der Waals surface area contributed by atoms with Crippen LogP contribution in [0, 0.1) is 28.6 Å². The molecule has 0 spiro atoms. The van der Waals surface area contributed by atoms with E-state index in [4.69, 9.17) is 14.3 Å². The molecule has 0 aromatic rings. The Bertz CT molecular complexity index is 861. The predicted octanol–water partition coefficient (Wildman–Crippen LogP) is 5.37. The number of fused-ring (bicyclic) bond motifs is 5. The molecule has 3 fully saturated rings. The average Bonchev–Trinajstić information content (AvgIpc) is 3.10. The highest BCUT2D eigenvalue weighted by atomic mass is 16.6. The van der Waals surface area contributed by atoms with Crippen molar-refractivity contribution in [2.24, 2.45) is 33.7 Å². The molecule has 33 heavy (non-hydrogen) atoms. The highest BCUT2D eigenvalue weighted by Gasteiger charge is 2.58. The highest BCUT2D eigenvalue weighted by molar-refractivity contribution is 5.92. The third-order valence-corrected chi connectivity index (χ3v) is 9.02. The number of hydrogen-bond donors (Lipinski definition) is 0.